The molecule has 3 aromatic rings. The van der Waals surface area contributed by atoms with Gasteiger partial charge in [0.05, 0.1) is 4.47 Å². The zero-order valence-corrected chi connectivity index (χ0v) is 17.8. The van der Waals surface area contributed by atoms with Crippen LogP contribution in [0.25, 0.3) is 10.9 Å². The number of fused-ring (bicyclic) bond motifs is 1. The van der Waals surface area contributed by atoms with E-state index in [9.17, 15) is 9.59 Å². The van der Waals surface area contributed by atoms with E-state index in [1.807, 2.05) is 65.0 Å². The Labute approximate surface area is 178 Å². The first-order valence-corrected chi connectivity index (χ1v) is 10.5. The van der Waals surface area contributed by atoms with Crippen LogP contribution in [0.3, 0.4) is 0 Å². The molecule has 1 aromatic heterocycles. The number of anilines is 1. The highest BCUT2D eigenvalue weighted by Crippen LogP contribution is 2.30. The van der Waals surface area contributed by atoms with Gasteiger partial charge in [-0.25, -0.2) is 4.79 Å². The third-order valence-electron chi connectivity index (χ3n) is 5.28. The smallest absolute Gasteiger partial charge is 0.321 e. The van der Waals surface area contributed by atoms with Crippen molar-refractivity contribution in [1.29, 1.82) is 0 Å². The molecule has 1 fully saturated rings. The number of para-hydroxylation sites is 1. The van der Waals surface area contributed by atoms with E-state index < -0.39 is 0 Å². The van der Waals surface area contributed by atoms with Crippen LogP contribution >= 0.6 is 15.9 Å². The Kier molecular flexibility index (Phi) is 5.58. The average Bonchev–Trinajstić information content (AvgIpc) is 3.35. The zero-order valence-electron chi connectivity index (χ0n) is 16.2. The fourth-order valence-electron chi connectivity index (χ4n) is 3.75. The minimum Gasteiger partial charge on any atom is -0.347 e. The average molecular weight is 455 g/mol. The van der Waals surface area contributed by atoms with E-state index in [0.29, 0.717) is 12.2 Å². The van der Waals surface area contributed by atoms with Gasteiger partial charge in [-0.05, 0) is 52.5 Å². The Hall–Kier alpha value is -2.80. The molecule has 2 aromatic carbocycles. The first kappa shape index (κ1) is 19.5. The Morgan fingerprint density at radius 3 is 2.59 bits per heavy atom. The minimum atomic E-state index is -0.151. The second-order valence-electron chi connectivity index (χ2n) is 7.25. The lowest BCUT2D eigenvalue weighted by Gasteiger charge is -2.16. The number of hydrogen-bond donors (Lipinski definition) is 2. The molecule has 1 aliphatic heterocycles. The summed E-state index contributed by atoms with van der Waals surface area (Å²) in [5.41, 5.74) is 3.24. The molecule has 29 heavy (non-hydrogen) atoms. The molecule has 4 rings (SSSR count). The van der Waals surface area contributed by atoms with Crippen LogP contribution in [-0.2, 0) is 13.6 Å². The number of likely N-dealkylation sites (tertiary alicyclic amines) is 1. The Morgan fingerprint density at radius 1 is 1.07 bits per heavy atom. The first-order chi connectivity index (χ1) is 14.0. The number of nitrogens with one attached hydrogen (secondary N) is 2. The summed E-state index contributed by atoms with van der Waals surface area (Å²) in [6.45, 7) is 1.99. The molecule has 150 valence electrons. The molecule has 2 N–H and O–H groups in total. The molecular weight excluding hydrogens is 432 g/mol. The molecule has 7 heteroatoms. The van der Waals surface area contributed by atoms with Gasteiger partial charge in [0.25, 0.3) is 5.91 Å². The molecule has 0 bridgehead atoms. The molecule has 1 aliphatic rings. The summed E-state index contributed by atoms with van der Waals surface area (Å²) in [7, 11) is 1.89. The predicted molar refractivity (Wildman–Crippen MR) is 118 cm³/mol. The van der Waals surface area contributed by atoms with Gasteiger partial charge in [0.2, 0.25) is 0 Å². The maximum absolute atomic E-state index is 12.8. The van der Waals surface area contributed by atoms with E-state index in [-0.39, 0.29) is 11.9 Å². The lowest BCUT2D eigenvalue weighted by atomic mass is 10.2. The number of halogens is 1. The third kappa shape index (κ3) is 4.00. The number of amides is 3. The van der Waals surface area contributed by atoms with Crippen molar-refractivity contribution in [3.63, 3.8) is 0 Å². The van der Waals surface area contributed by atoms with Gasteiger partial charge >= 0.3 is 6.03 Å². The summed E-state index contributed by atoms with van der Waals surface area (Å²) in [5, 5.41) is 6.93. The number of hydrogen-bond acceptors (Lipinski definition) is 2. The van der Waals surface area contributed by atoms with Crippen LogP contribution in [0.2, 0.25) is 0 Å². The van der Waals surface area contributed by atoms with E-state index >= 15 is 0 Å². The molecule has 3 amide bonds. The summed E-state index contributed by atoms with van der Waals surface area (Å²) in [4.78, 5) is 26.9. The Morgan fingerprint density at radius 2 is 1.83 bits per heavy atom. The van der Waals surface area contributed by atoms with Gasteiger partial charge in [-0.1, -0.05) is 30.3 Å². The van der Waals surface area contributed by atoms with Crippen molar-refractivity contribution in [2.24, 2.45) is 7.05 Å². The number of carbonyl (C=O) groups excluding carboxylic acids is 2. The second kappa shape index (κ2) is 8.29. The number of nitrogens with zero attached hydrogens (tertiary/aromatic N) is 2. The molecule has 0 atom stereocenters. The topological polar surface area (TPSA) is 66.4 Å². The van der Waals surface area contributed by atoms with Gasteiger partial charge in [0.1, 0.15) is 5.69 Å². The molecule has 0 unspecified atom stereocenters. The highest BCUT2D eigenvalue weighted by molar-refractivity contribution is 9.10. The van der Waals surface area contributed by atoms with Gasteiger partial charge in [-0.3, -0.25) is 4.79 Å². The minimum absolute atomic E-state index is 0.0666. The lowest BCUT2D eigenvalue weighted by molar-refractivity contribution is 0.0942. The van der Waals surface area contributed by atoms with Crippen molar-refractivity contribution >= 4 is 44.5 Å². The number of urea groups is 1. The molecule has 2 heterocycles. The van der Waals surface area contributed by atoms with E-state index in [1.54, 1.807) is 0 Å². The van der Waals surface area contributed by atoms with Gasteiger partial charge in [0.15, 0.2) is 0 Å². The monoisotopic (exact) mass is 454 g/mol. The highest BCUT2D eigenvalue weighted by atomic mass is 79.9. The number of benzene rings is 2. The van der Waals surface area contributed by atoms with Crippen molar-refractivity contribution in [2.45, 2.75) is 19.4 Å². The first-order valence-electron chi connectivity index (χ1n) is 9.70. The normalized spacial score (nSPS) is 13.7. The second-order valence-corrected chi connectivity index (χ2v) is 8.04. The van der Waals surface area contributed by atoms with Crippen LogP contribution in [0.4, 0.5) is 10.5 Å². The van der Waals surface area contributed by atoms with Crippen molar-refractivity contribution in [1.82, 2.24) is 14.8 Å². The standard InChI is InChI=1S/C22H23BrN4O2/c1-26-18-10-3-2-9-17(18)19(23)20(26)21(28)24-14-15-7-6-8-16(13-15)25-22(29)27-11-4-5-12-27/h2-3,6-10,13H,4-5,11-12,14H2,1H3,(H,24,28)(H,25,29). The van der Waals surface area contributed by atoms with Gasteiger partial charge in [-0.2, -0.15) is 0 Å². The summed E-state index contributed by atoms with van der Waals surface area (Å²) >= 11 is 3.57. The number of carbonyl (C=O) groups is 2. The maximum Gasteiger partial charge on any atom is 0.321 e. The van der Waals surface area contributed by atoms with E-state index in [4.69, 9.17) is 0 Å². The number of aromatic nitrogens is 1. The van der Waals surface area contributed by atoms with Gasteiger partial charge in [0, 0.05) is 43.3 Å². The largest absolute Gasteiger partial charge is 0.347 e. The van der Waals surface area contributed by atoms with Gasteiger partial charge in [-0.15, -0.1) is 0 Å². The quantitative estimate of drug-likeness (QED) is 0.609. The number of rotatable bonds is 4. The van der Waals surface area contributed by atoms with Crippen LogP contribution in [0, 0.1) is 0 Å². The zero-order chi connectivity index (χ0) is 20.4. The molecule has 0 aliphatic carbocycles. The van der Waals surface area contributed by atoms with Crippen molar-refractivity contribution < 1.29 is 9.59 Å². The molecule has 0 spiro atoms. The number of aryl methyl sites for hydroxylation is 1. The highest BCUT2D eigenvalue weighted by Gasteiger charge is 2.20. The Bertz CT molecular complexity index is 1030. The summed E-state index contributed by atoms with van der Waals surface area (Å²) in [6, 6.07) is 15.4. The molecule has 6 nitrogen and oxygen atoms in total. The summed E-state index contributed by atoms with van der Waals surface area (Å²) in [5.74, 6) is -0.151. The van der Waals surface area contributed by atoms with E-state index in [1.165, 1.54) is 0 Å². The molecule has 0 radical (unpaired) electrons. The lowest BCUT2D eigenvalue weighted by Crippen LogP contribution is -2.32. The van der Waals surface area contributed by atoms with Crippen LogP contribution in [0.1, 0.15) is 28.9 Å². The molecular formula is C22H23BrN4O2. The SMILES string of the molecule is Cn1c(C(=O)NCc2cccc(NC(=O)N3CCCC3)c2)c(Br)c2ccccc21. The Balaban J connectivity index is 1.44. The van der Waals surface area contributed by atoms with E-state index in [0.717, 1.165) is 52.6 Å². The maximum atomic E-state index is 12.8. The van der Waals surface area contributed by atoms with Crippen LogP contribution < -0.4 is 10.6 Å². The van der Waals surface area contributed by atoms with Crippen LogP contribution in [0.5, 0.6) is 0 Å². The van der Waals surface area contributed by atoms with Crippen molar-refractivity contribution in [2.75, 3.05) is 18.4 Å². The fourth-order valence-corrected chi connectivity index (χ4v) is 4.53. The van der Waals surface area contributed by atoms with Crippen molar-refractivity contribution in [3.8, 4) is 0 Å². The fraction of sp³-hybridized carbons (Fsp3) is 0.273. The predicted octanol–water partition coefficient (Wildman–Crippen LogP) is 4.50. The molecule has 1 saturated heterocycles. The summed E-state index contributed by atoms with van der Waals surface area (Å²) in [6.07, 6.45) is 2.12. The third-order valence-corrected chi connectivity index (χ3v) is 6.09. The van der Waals surface area contributed by atoms with Gasteiger partial charge < -0.3 is 20.1 Å². The van der Waals surface area contributed by atoms with Crippen molar-refractivity contribution in [3.05, 3.63) is 64.3 Å². The van der Waals surface area contributed by atoms with E-state index in [2.05, 4.69) is 26.6 Å². The summed E-state index contributed by atoms with van der Waals surface area (Å²) < 4.78 is 2.68. The van der Waals surface area contributed by atoms with Crippen LogP contribution in [0.15, 0.2) is 53.0 Å². The molecule has 0 saturated carbocycles. The van der Waals surface area contributed by atoms with Crippen LogP contribution in [-0.4, -0.2) is 34.5 Å².